The van der Waals surface area contributed by atoms with Crippen molar-refractivity contribution in [1.29, 1.82) is 0 Å². The SMILES string of the molecule is [2H]C([2H])([2H])C([2H])([2H])C([2H])([2H])C([2H])([2H])C([2H])([2H])n1cc(C(=O)Cc2ccccc2OC)c2ccccc21. The molecule has 3 heteroatoms. The lowest BCUT2D eigenvalue weighted by Crippen LogP contribution is -2.04. The molecule has 0 fully saturated rings. The fourth-order valence-corrected chi connectivity index (χ4v) is 2.73. The van der Waals surface area contributed by atoms with E-state index in [1.807, 2.05) is 0 Å². The van der Waals surface area contributed by atoms with Crippen molar-refractivity contribution in [3.05, 3.63) is 65.9 Å². The number of hydrogen-bond acceptors (Lipinski definition) is 2. The van der Waals surface area contributed by atoms with Crippen molar-refractivity contribution in [3.8, 4) is 5.75 Å². The maximum atomic E-state index is 13.3. The van der Waals surface area contributed by atoms with Gasteiger partial charge in [-0.25, -0.2) is 0 Å². The van der Waals surface area contributed by atoms with Gasteiger partial charge >= 0.3 is 0 Å². The van der Waals surface area contributed by atoms with E-state index in [2.05, 4.69) is 0 Å². The average molecular weight is 347 g/mol. The third-order valence-electron chi connectivity index (χ3n) is 3.86. The quantitative estimate of drug-likeness (QED) is 0.521. The predicted octanol–water partition coefficient (Wildman–Crippen LogP) is 5.27. The lowest BCUT2D eigenvalue weighted by atomic mass is 10.0. The maximum absolute atomic E-state index is 13.3. The van der Waals surface area contributed by atoms with Crippen molar-refractivity contribution >= 4 is 16.7 Å². The number of para-hydroxylation sites is 2. The van der Waals surface area contributed by atoms with Gasteiger partial charge in [0.2, 0.25) is 0 Å². The van der Waals surface area contributed by atoms with Crippen LogP contribution in [0, 0.1) is 0 Å². The van der Waals surface area contributed by atoms with Crippen LogP contribution in [0.2, 0.25) is 0 Å². The standard InChI is InChI=1S/C22H25NO2/c1-3-4-9-14-23-16-19(18-11-6-7-12-20(18)23)21(24)15-17-10-5-8-13-22(17)25-2/h5-8,10-13,16H,3-4,9,14-15H2,1-2H3/i1D3,3D2,4D2,9D2,14D2. The summed E-state index contributed by atoms with van der Waals surface area (Å²) in [4.78, 5) is 13.3. The van der Waals surface area contributed by atoms with Crippen LogP contribution in [-0.2, 0) is 12.9 Å². The number of aryl methyl sites for hydroxylation is 1. The molecule has 1 heterocycles. The van der Waals surface area contributed by atoms with Gasteiger partial charge in [0.05, 0.1) is 7.11 Å². The van der Waals surface area contributed by atoms with E-state index in [9.17, 15) is 4.79 Å². The molecule has 0 atom stereocenters. The van der Waals surface area contributed by atoms with Crippen LogP contribution >= 0.6 is 0 Å². The fourth-order valence-electron chi connectivity index (χ4n) is 2.73. The van der Waals surface area contributed by atoms with Gasteiger partial charge in [0, 0.05) is 56.2 Å². The first-order valence-electron chi connectivity index (χ1n) is 13.2. The van der Waals surface area contributed by atoms with E-state index in [1.165, 1.54) is 25.3 Å². The van der Waals surface area contributed by atoms with Crippen molar-refractivity contribution in [3.63, 3.8) is 0 Å². The van der Waals surface area contributed by atoms with Gasteiger partial charge in [-0.1, -0.05) is 56.0 Å². The van der Waals surface area contributed by atoms with Crippen LogP contribution in [-0.4, -0.2) is 17.5 Å². The molecule has 3 aromatic rings. The molecule has 0 bridgehead atoms. The highest BCUT2D eigenvalue weighted by molar-refractivity contribution is 6.09. The van der Waals surface area contributed by atoms with Gasteiger partial charge in [0.25, 0.3) is 0 Å². The summed E-state index contributed by atoms with van der Waals surface area (Å²) in [5.41, 5.74) is 0.665. The molecule has 0 unspecified atom stereocenters. The van der Waals surface area contributed by atoms with E-state index in [4.69, 9.17) is 19.8 Å². The summed E-state index contributed by atoms with van der Waals surface area (Å²) in [5, 5.41) is 0.275. The first-order chi connectivity index (χ1) is 16.4. The molecule has 130 valence electrons. The minimum absolute atomic E-state index is 0.0376. The molecule has 0 N–H and O–H groups in total. The van der Waals surface area contributed by atoms with Crippen molar-refractivity contribution in [2.75, 3.05) is 7.11 Å². The third kappa shape index (κ3) is 3.76. The van der Waals surface area contributed by atoms with Crippen LogP contribution in [0.1, 0.15) is 57.0 Å². The van der Waals surface area contributed by atoms with Gasteiger partial charge in [-0.15, -0.1) is 0 Å². The summed E-state index contributed by atoms with van der Waals surface area (Å²) >= 11 is 0. The average Bonchev–Trinajstić information content (AvgIpc) is 3.19. The molecular formula is C22H25NO2. The molecule has 0 aliphatic rings. The van der Waals surface area contributed by atoms with Gasteiger partial charge in [-0.2, -0.15) is 0 Å². The molecule has 0 saturated heterocycles. The van der Waals surface area contributed by atoms with Gasteiger partial charge in [0.15, 0.2) is 5.78 Å². The Morgan fingerprint density at radius 3 is 2.80 bits per heavy atom. The highest BCUT2D eigenvalue weighted by Gasteiger charge is 2.16. The molecule has 0 aliphatic heterocycles. The van der Waals surface area contributed by atoms with Crippen LogP contribution in [0.5, 0.6) is 5.75 Å². The molecule has 0 spiro atoms. The van der Waals surface area contributed by atoms with Crippen molar-refractivity contribution in [2.24, 2.45) is 0 Å². The summed E-state index contributed by atoms with van der Waals surface area (Å²) in [6.07, 6.45) is -10.3. The fraction of sp³-hybridized carbons (Fsp3) is 0.318. The molecule has 0 amide bonds. The largest absolute Gasteiger partial charge is 0.496 e. The zero-order valence-electron chi connectivity index (χ0n) is 24.7. The van der Waals surface area contributed by atoms with E-state index >= 15 is 0 Å². The number of benzene rings is 2. The van der Waals surface area contributed by atoms with Crippen LogP contribution in [0.4, 0.5) is 0 Å². The molecule has 0 aliphatic carbocycles. The summed E-state index contributed by atoms with van der Waals surface area (Å²) < 4.78 is 93.8. The maximum Gasteiger partial charge on any atom is 0.169 e. The molecule has 25 heavy (non-hydrogen) atoms. The number of aromatic nitrogens is 1. The molecule has 3 nitrogen and oxygen atoms in total. The van der Waals surface area contributed by atoms with E-state index in [0.29, 0.717) is 11.3 Å². The van der Waals surface area contributed by atoms with Crippen molar-refractivity contribution in [1.82, 2.24) is 4.57 Å². The Kier molecular flexibility index (Phi) is 2.64. The number of rotatable bonds is 8. The number of ketones is 1. The van der Waals surface area contributed by atoms with Crippen LogP contribution in [0.15, 0.2) is 54.7 Å². The minimum atomic E-state index is -3.80. The number of carbonyl (C=O) groups is 1. The number of Topliss-reactive ketones (excluding diaryl/α,β-unsaturated/α-hetero) is 1. The Morgan fingerprint density at radius 2 is 1.96 bits per heavy atom. The normalized spacial score (nSPS) is 20.3. The van der Waals surface area contributed by atoms with Gasteiger partial charge in [-0.3, -0.25) is 4.79 Å². The second kappa shape index (κ2) is 8.02. The van der Waals surface area contributed by atoms with Crippen LogP contribution in [0.25, 0.3) is 10.9 Å². The summed E-state index contributed by atoms with van der Waals surface area (Å²) in [6, 6.07) is 12.9. The first kappa shape index (κ1) is 8.22. The van der Waals surface area contributed by atoms with Crippen molar-refractivity contribution in [2.45, 2.75) is 38.9 Å². The summed E-state index contributed by atoms with van der Waals surface area (Å²) in [7, 11) is 1.46. The van der Waals surface area contributed by atoms with E-state index in [1.54, 1.807) is 30.3 Å². The van der Waals surface area contributed by atoms with E-state index < -0.39 is 38.3 Å². The van der Waals surface area contributed by atoms with Crippen LogP contribution < -0.4 is 4.74 Å². The predicted molar refractivity (Wildman–Crippen MR) is 102 cm³/mol. The Labute approximate surface area is 164 Å². The topological polar surface area (TPSA) is 31.2 Å². The Bertz CT molecular complexity index is 1280. The second-order valence-electron chi connectivity index (χ2n) is 5.33. The summed E-state index contributed by atoms with van der Waals surface area (Å²) in [6.45, 7) is -6.88. The molecule has 0 saturated carbocycles. The lowest BCUT2D eigenvalue weighted by Gasteiger charge is -2.07. The highest BCUT2D eigenvalue weighted by Crippen LogP contribution is 2.25. The van der Waals surface area contributed by atoms with E-state index in [-0.39, 0.29) is 22.9 Å². The molecule has 3 rings (SSSR count). The zero-order valence-corrected chi connectivity index (χ0v) is 13.7. The summed E-state index contributed by atoms with van der Waals surface area (Å²) in [5.74, 6) is 0.0352. The Morgan fingerprint density at radius 1 is 1.16 bits per heavy atom. The lowest BCUT2D eigenvalue weighted by molar-refractivity contribution is 0.0993. The Balaban J connectivity index is 2.15. The molecule has 1 aromatic heterocycles. The minimum Gasteiger partial charge on any atom is -0.496 e. The number of ether oxygens (including phenoxy) is 1. The second-order valence-corrected chi connectivity index (χ2v) is 5.33. The Hall–Kier alpha value is -2.55. The van der Waals surface area contributed by atoms with Gasteiger partial charge < -0.3 is 9.30 Å². The monoisotopic (exact) mass is 346 g/mol. The van der Waals surface area contributed by atoms with Crippen molar-refractivity contribution < 1.29 is 24.6 Å². The number of fused-ring (bicyclic) bond motifs is 1. The molecular weight excluding hydrogens is 310 g/mol. The number of hydrogen-bond donors (Lipinski definition) is 0. The van der Waals surface area contributed by atoms with Crippen LogP contribution in [0.3, 0.4) is 0 Å². The molecule has 0 radical (unpaired) electrons. The van der Waals surface area contributed by atoms with Gasteiger partial charge in [-0.05, 0) is 18.5 Å². The number of methoxy groups -OCH3 is 1. The number of nitrogens with zero attached hydrogens (tertiary/aromatic N) is 1. The highest BCUT2D eigenvalue weighted by atomic mass is 16.5. The number of carbonyl (C=O) groups excluding carboxylic acids is 1. The van der Waals surface area contributed by atoms with E-state index in [0.717, 1.165) is 10.8 Å². The zero-order chi connectivity index (χ0) is 27.3. The van der Waals surface area contributed by atoms with Gasteiger partial charge in [0.1, 0.15) is 5.75 Å². The first-order valence-corrected chi connectivity index (χ1v) is 7.67. The molecule has 2 aromatic carbocycles. The third-order valence-corrected chi connectivity index (χ3v) is 3.86. The smallest absolute Gasteiger partial charge is 0.169 e.